The molecule has 1 aromatic carbocycles. The molecule has 120 valence electrons. The van der Waals surface area contributed by atoms with Crippen molar-refractivity contribution < 1.29 is 19.1 Å². The zero-order chi connectivity index (χ0) is 16.7. The summed E-state index contributed by atoms with van der Waals surface area (Å²) in [7, 11) is 0. The van der Waals surface area contributed by atoms with Crippen LogP contribution in [0.4, 0.5) is 0 Å². The molecule has 0 fully saturated rings. The molecule has 0 aromatic heterocycles. The van der Waals surface area contributed by atoms with Crippen LogP contribution in [0.15, 0.2) is 46.7 Å². The van der Waals surface area contributed by atoms with Gasteiger partial charge >= 0.3 is 5.97 Å². The van der Waals surface area contributed by atoms with Gasteiger partial charge in [-0.25, -0.2) is 0 Å². The summed E-state index contributed by atoms with van der Waals surface area (Å²) in [6.07, 6.45) is 0.170. The van der Waals surface area contributed by atoms with E-state index in [2.05, 4.69) is 0 Å². The second kappa shape index (κ2) is 5.69. The van der Waals surface area contributed by atoms with Crippen LogP contribution in [0.5, 0.6) is 5.75 Å². The molecule has 0 bridgehead atoms. The van der Waals surface area contributed by atoms with Crippen molar-refractivity contribution in [2.75, 3.05) is 0 Å². The Morgan fingerprint density at radius 2 is 1.96 bits per heavy atom. The fraction of sp³-hybridized carbons (Fsp3) is 0.368. The van der Waals surface area contributed by atoms with E-state index in [1.54, 1.807) is 0 Å². The van der Waals surface area contributed by atoms with Crippen LogP contribution in [0.1, 0.15) is 33.3 Å². The fourth-order valence-electron chi connectivity index (χ4n) is 3.37. The highest BCUT2D eigenvalue weighted by atomic mass is 16.5. The smallest absolute Gasteiger partial charge is 0.303 e. The molecule has 4 nitrogen and oxygen atoms in total. The van der Waals surface area contributed by atoms with Crippen LogP contribution in [0.2, 0.25) is 0 Å². The van der Waals surface area contributed by atoms with E-state index in [1.807, 2.05) is 45.0 Å². The van der Waals surface area contributed by atoms with E-state index in [-0.39, 0.29) is 17.7 Å². The van der Waals surface area contributed by atoms with Gasteiger partial charge in [0.1, 0.15) is 17.6 Å². The molecular weight excluding hydrogens is 292 g/mol. The molecule has 0 N–H and O–H groups in total. The number of rotatable bonds is 2. The Bertz CT molecular complexity index is 754. The Labute approximate surface area is 135 Å². The molecule has 0 radical (unpaired) electrons. The predicted octanol–water partition coefficient (Wildman–Crippen LogP) is 3.36. The lowest BCUT2D eigenvalue weighted by molar-refractivity contribution is -0.143. The average Bonchev–Trinajstić information content (AvgIpc) is 2.51. The first-order chi connectivity index (χ1) is 10.9. The Morgan fingerprint density at radius 1 is 1.26 bits per heavy atom. The van der Waals surface area contributed by atoms with E-state index in [0.29, 0.717) is 12.2 Å². The minimum Gasteiger partial charge on any atom is -0.460 e. The number of carbonyl (C=O) groups excluding carboxylic acids is 2. The number of ether oxygens (including phenoxy) is 2. The summed E-state index contributed by atoms with van der Waals surface area (Å²) >= 11 is 0. The first kappa shape index (κ1) is 15.5. The van der Waals surface area contributed by atoms with Gasteiger partial charge in [0.05, 0.1) is 5.92 Å². The van der Waals surface area contributed by atoms with Gasteiger partial charge in [-0.3, -0.25) is 9.59 Å². The molecule has 1 aliphatic heterocycles. The molecule has 2 aliphatic rings. The van der Waals surface area contributed by atoms with Crippen molar-refractivity contribution in [1.82, 2.24) is 0 Å². The molecule has 0 saturated heterocycles. The number of fused-ring (bicyclic) bond motifs is 2. The molecule has 1 aromatic rings. The first-order valence-corrected chi connectivity index (χ1v) is 7.79. The topological polar surface area (TPSA) is 52.6 Å². The second-order valence-electron chi connectivity index (χ2n) is 6.11. The van der Waals surface area contributed by atoms with Crippen LogP contribution >= 0.6 is 0 Å². The van der Waals surface area contributed by atoms with Crippen LogP contribution in [0, 0.1) is 5.92 Å². The van der Waals surface area contributed by atoms with Crippen molar-refractivity contribution in [3.8, 4) is 5.75 Å². The summed E-state index contributed by atoms with van der Waals surface area (Å²) in [6, 6.07) is 7.74. The number of hydrogen-bond acceptors (Lipinski definition) is 4. The van der Waals surface area contributed by atoms with Gasteiger partial charge in [-0.1, -0.05) is 18.2 Å². The molecule has 2 unspecified atom stereocenters. The maximum absolute atomic E-state index is 12.7. The Kier molecular flexibility index (Phi) is 3.84. The molecule has 0 saturated carbocycles. The number of para-hydroxylation sites is 1. The summed E-state index contributed by atoms with van der Waals surface area (Å²) < 4.78 is 11.4. The van der Waals surface area contributed by atoms with Gasteiger partial charge in [0, 0.05) is 12.5 Å². The summed E-state index contributed by atoms with van der Waals surface area (Å²) in [5.74, 6) is 0.810. The number of hydrogen-bond donors (Lipinski definition) is 0. The standard InChI is InChI=1S/C19H20O4/c1-10-11(2)18(21)15-9-14-7-5-6-8-16(14)23-19(15)17(10)12(3)22-13(4)20/h5-8,12,15H,9H2,1-4H3. The number of carbonyl (C=O) groups is 2. The van der Waals surface area contributed by atoms with E-state index >= 15 is 0 Å². The third-order valence-electron chi connectivity index (χ3n) is 4.60. The Hall–Kier alpha value is -2.36. The Morgan fingerprint density at radius 3 is 2.65 bits per heavy atom. The van der Waals surface area contributed by atoms with E-state index in [9.17, 15) is 9.59 Å². The lowest BCUT2D eigenvalue weighted by atomic mass is 9.77. The molecule has 3 rings (SSSR count). The van der Waals surface area contributed by atoms with Crippen molar-refractivity contribution in [3.05, 3.63) is 52.3 Å². The van der Waals surface area contributed by atoms with Crippen molar-refractivity contribution in [1.29, 1.82) is 0 Å². The molecule has 0 spiro atoms. The third-order valence-corrected chi connectivity index (χ3v) is 4.60. The van der Waals surface area contributed by atoms with Gasteiger partial charge in [-0.15, -0.1) is 0 Å². The largest absolute Gasteiger partial charge is 0.460 e. The summed E-state index contributed by atoms with van der Waals surface area (Å²) in [5.41, 5.74) is 3.41. The van der Waals surface area contributed by atoms with Crippen molar-refractivity contribution in [2.24, 2.45) is 5.92 Å². The lowest BCUT2D eigenvalue weighted by Gasteiger charge is -2.34. The van der Waals surface area contributed by atoms with Crippen molar-refractivity contribution in [3.63, 3.8) is 0 Å². The van der Waals surface area contributed by atoms with Gasteiger partial charge in [-0.05, 0) is 50.0 Å². The minimum absolute atomic E-state index is 0.0887. The molecule has 23 heavy (non-hydrogen) atoms. The maximum Gasteiger partial charge on any atom is 0.303 e. The highest BCUT2D eigenvalue weighted by Crippen LogP contribution is 2.42. The minimum atomic E-state index is -0.446. The van der Waals surface area contributed by atoms with Gasteiger partial charge in [-0.2, -0.15) is 0 Å². The van der Waals surface area contributed by atoms with Crippen LogP contribution in [-0.2, 0) is 20.7 Å². The normalized spacial score (nSPS) is 21.4. The zero-order valence-electron chi connectivity index (χ0n) is 13.8. The molecule has 4 heteroatoms. The molecule has 2 atom stereocenters. The van der Waals surface area contributed by atoms with Crippen molar-refractivity contribution >= 4 is 11.8 Å². The lowest BCUT2D eigenvalue weighted by Crippen LogP contribution is -2.35. The molecule has 0 amide bonds. The van der Waals surface area contributed by atoms with Crippen LogP contribution in [0.3, 0.4) is 0 Å². The highest BCUT2D eigenvalue weighted by molar-refractivity contribution is 6.01. The summed E-state index contributed by atoms with van der Waals surface area (Å²) in [4.78, 5) is 24.0. The zero-order valence-corrected chi connectivity index (χ0v) is 13.8. The number of benzene rings is 1. The monoisotopic (exact) mass is 312 g/mol. The Balaban J connectivity index is 2.13. The first-order valence-electron chi connectivity index (χ1n) is 7.79. The fourth-order valence-corrected chi connectivity index (χ4v) is 3.37. The number of ketones is 1. The molecular formula is C19H20O4. The molecule has 1 aliphatic carbocycles. The van der Waals surface area contributed by atoms with Crippen LogP contribution in [0.25, 0.3) is 0 Å². The van der Waals surface area contributed by atoms with Crippen LogP contribution < -0.4 is 4.74 Å². The number of allylic oxidation sites excluding steroid dienone is 2. The highest BCUT2D eigenvalue weighted by Gasteiger charge is 2.40. The van der Waals surface area contributed by atoms with E-state index in [0.717, 1.165) is 28.0 Å². The van der Waals surface area contributed by atoms with Gasteiger partial charge in [0.25, 0.3) is 0 Å². The number of Topliss-reactive ketones (excluding diaryl/α,β-unsaturated/α-hetero) is 1. The van der Waals surface area contributed by atoms with E-state index < -0.39 is 6.10 Å². The third kappa shape index (κ3) is 2.58. The van der Waals surface area contributed by atoms with E-state index in [1.165, 1.54) is 6.92 Å². The predicted molar refractivity (Wildman–Crippen MR) is 85.9 cm³/mol. The van der Waals surface area contributed by atoms with Crippen molar-refractivity contribution in [2.45, 2.75) is 40.2 Å². The SMILES string of the molecule is CC(=O)OC(C)C1=C2Oc3ccccc3CC2C(=O)C(C)=C1C. The number of esters is 1. The van der Waals surface area contributed by atoms with Gasteiger partial charge < -0.3 is 9.47 Å². The molecule has 1 heterocycles. The van der Waals surface area contributed by atoms with Crippen LogP contribution in [-0.4, -0.2) is 17.9 Å². The van der Waals surface area contributed by atoms with E-state index in [4.69, 9.17) is 9.47 Å². The maximum atomic E-state index is 12.7. The van der Waals surface area contributed by atoms with Gasteiger partial charge in [0.2, 0.25) is 0 Å². The average molecular weight is 312 g/mol. The quantitative estimate of drug-likeness (QED) is 0.786. The second-order valence-corrected chi connectivity index (χ2v) is 6.11. The summed E-state index contributed by atoms with van der Waals surface area (Å²) in [6.45, 7) is 6.92. The van der Waals surface area contributed by atoms with Gasteiger partial charge in [0.15, 0.2) is 5.78 Å². The summed E-state index contributed by atoms with van der Waals surface area (Å²) in [5, 5.41) is 0.